The molecule has 0 saturated carbocycles. The van der Waals surface area contributed by atoms with Gasteiger partial charge in [-0.1, -0.05) is 72.8 Å². The summed E-state index contributed by atoms with van der Waals surface area (Å²) in [5.74, 6) is 0.958. The summed E-state index contributed by atoms with van der Waals surface area (Å²) in [4.78, 5) is 12.8. The van der Waals surface area contributed by atoms with Crippen LogP contribution in [0.2, 0.25) is 0 Å². The van der Waals surface area contributed by atoms with Crippen LogP contribution in [-0.2, 0) is 0 Å². The molecule has 5 aromatic rings. The second kappa shape index (κ2) is 12.0. The van der Waals surface area contributed by atoms with E-state index in [1.54, 1.807) is 24.4 Å². The molecule has 5 rings (SSSR count). The van der Waals surface area contributed by atoms with Gasteiger partial charge in [0, 0.05) is 11.3 Å². The highest BCUT2D eigenvalue weighted by molar-refractivity contribution is 5.98. The summed E-state index contributed by atoms with van der Waals surface area (Å²) in [5, 5.41) is 4.35. The number of hydrogen-bond donors (Lipinski definition) is 1. The molecule has 0 unspecified atom stereocenters. The Morgan fingerprint density at radius 2 is 1.49 bits per heavy atom. The van der Waals surface area contributed by atoms with Crippen molar-refractivity contribution in [3.63, 3.8) is 0 Å². The van der Waals surface area contributed by atoms with Gasteiger partial charge in [-0.3, -0.25) is 4.79 Å². The Morgan fingerprint density at radius 1 is 0.846 bits per heavy atom. The lowest BCUT2D eigenvalue weighted by Crippen LogP contribution is -2.18. The van der Waals surface area contributed by atoms with Gasteiger partial charge in [-0.25, -0.2) is 5.43 Å². The van der Waals surface area contributed by atoms with Gasteiger partial charge in [-0.05, 0) is 60.5 Å². The van der Waals surface area contributed by atoms with Crippen LogP contribution >= 0.6 is 0 Å². The molecule has 194 valence electrons. The Morgan fingerprint density at radius 3 is 2.15 bits per heavy atom. The van der Waals surface area contributed by atoms with Crippen molar-refractivity contribution in [3.05, 3.63) is 126 Å². The molecule has 4 aromatic carbocycles. The lowest BCUT2D eigenvalue weighted by Gasteiger charge is -2.15. The summed E-state index contributed by atoms with van der Waals surface area (Å²) in [6.45, 7) is 2.58. The number of carbonyl (C=O) groups is 1. The molecule has 0 spiro atoms. The highest BCUT2D eigenvalue weighted by atomic mass is 16.5. The van der Waals surface area contributed by atoms with E-state index in [1.165, 1.54) is 7.11 Å². The van der Waals surface area contributed by atoms with E-state index in [0.717, 1.165) is 39.5 Å². The molecule has 1 N–H and O–H groups in total. The molecular formula is C33H29N3O3. The Labute approximate surface area is 228 Å². The van der Waals surface area contributed by atoms with Crippen molar-refractivity contribution in [3.8, 4) is 39.7 Å². The van der Waals surface area contributed by atoms with Crippen LogP contribution in [0.5, 0.6) is 11.5 Å². The number of aromatic nitrogens is 1. The number of hydrazone groups is 1. The molecule has 0 radical (unpaired) electrons. The molecule has 0 saturated heterocycles. The van der Waals surface area contributed by atoms with Crippen LogP contribution in [0, 0.1) is 0 Å². The van der Waals surface area contributed by atoms with Crippen LogP contribution in [0.15, 0.2) is 120 Å². The Hall–Kier alpha value is -5.10. The van der Waals surface area contributed by atoms with Crippen molar-refractivity contribution >= 4 is 12.1 Å². The summed E-state index contributed by atoms with van der Waals surface area (Å²) in [6.07, 6.45) is 1.69. The van der Waals surface area contributed by atoms with Gasteiger partial charge in [-0.15, -0.1) is 0 Å². The minimum Gasteiger partial charge on any atom is -0.496 e. The minimum absolute atomic E-state index is 0.348. The molecular weight excluding hydrogens is 486 g/mol. The van der Waals surface area contributed by atoms with Crippen molar-refractivity contribution in [1.82, 2.24) is 9.99 Å². The van der Waals surface area contributed by atoms with Crippen LogP contribution in [-0.4, -0.2) is 30.4 Å². The quantitative estimate of drug-likeness (QED) is 0.170. The zero-order chi connectivity index (χ0) is 27.0. The molecule has 0 aliphatic rings. The monoisotopic (exact) mass is 515 g/mol. The first kappa shape index (κ1) is 25.5. The van der Waals surface area contributed by atoms with Crippen molar-refractivity contribution < 1.29 is 14.3 Å². The van der Waals surface area contributed by atoms with Gasteiger partial charge in [0.2, 0.25) is 0 Å². The van der Waals surface area contributed by atoms with Gasteiger partial charge in [0.25, 0.3) is 5.91 Å². The van der Waals surface area contributed by atoms with Gasteiger partial charge >= 0.3 is 0 Å². The minimum atomic E-state index is -0.348. The molecule has 1 heterocycles. The van der Waals surface area contributed by atoms with E-state index in [2.05, 4.69) is 45.4 Å². The normalized spacial score (nSPS) is 10.9. The molecule has 0 aliphatic carbocycles. The maximum absolute atomic E-state index is 12.8. The molecule has 0 aliphatic heterocycles. The van der Waals surface area contributed by atoms with E-state index < -0.39 is 0 Å². The highest BCUT2D eigenvalue weighted by Gasteiger charge is 2.19. The van der Waals surface area contributed by atoms with Crippen LogP contribution in [0.4, 0.5) is 0 Å². The fraction of sp³-hybridized carbons (Fsp3) is 0.0909. The number of benzene rings is 4. The van der Waals surface area contributed by atoms with E-state index in [9.17, 15) is 4.79 Å². The molecule has 6 heteroatoms. The van der Waals surface area contributed by atoms with E-state index in [-0.39, 0.29) is 5.91 Å². The van der Waals surface area contributed by atoms with Crippen LogP contribution in [0.3, 0.4) is 0 Å². The van der Waals surface area contributed by atoms with Crippen molar-refractivity contribution in [2.75, 3.05) is 13.7 Å². The van der Waals surface area contributed by atoms with Gasteiger partial charge < -0.3 is 14.0 Å². The Kier molecular flexibility index (Phi) is 7.84. The number of hydrogen-bond acceptors (Lipinski definition) is 4. The molecule has 0 bridgehead atoms. The molecule has 0 atom stereocenters. The summed E-state index contributed by atoms with van der Waals surface area (Å²) in [7, 11) is 1.54. The second-order valence-corrected chi connectivity index (χ2v) is 8.73. The summed E-state index contributed by atoms with van der Waals surface area (Å²) >= 11 is 0. The summed E-state index contributed by atoms with van der Waals surface area (Å²) in [6, 6.07) is 37.6. The number of nitrogens with one attached hydrogen (secondary N) is 1. The number of ether oxygens (including phenoxy) is 2. The standard InChI is InChI=1S/C33H29N3O3/c1-3-39-28-20-18-27(19-21-28)36-30(24-12-6-4-7-13-24)22-26(32(36)25-14-8-5-9-15-25)23-34-35-33(37)29-16-10-11-17-31(29)38-2/h4-23H,3H2,1-2H3,(H,35,37)/b34-23-. The average Bonchev–Trinajstić information content (AvgIpc) is 3.38. The van der Waals surface area contributed by atoms with E-state index in [4.69, 9.17) is 9.47 Å². The van der Waals surface area contributed by atoms with Crippen LogP contribution in [0.1, 0.15) is 22.8 Å². The van der Waals surface area contributed by atoms with Crippen molar-refractivity contribution in [2.24, 2.45) is 5.10 Å². The number of para-hydroxylation sites is 1. The SMILES string of the molecule is CCOc1ccc(-n2c(-c3ccccc3)cc(/C=N\NC(=O)c3ccccc3OC)c2-c2ccccc2)cc1. The first-order valence-corrected chi connectivity index (χ1v) is 12.8. The van der Waals surface area contributed by atoms with Gasteiger partial charge in [0.1, 0.15) is 11.5 Å². The van der Waals surface area contributed by atoms with Crippen molar-refractivity contribution in [2.45, 2.75) is 6.92 Å². The van der Waals surface area contributed by atoms with Gasteiger partial charge in [0.15, 0.2) is 0 Å². The lowest BCUT2D eigenvalue weighted by atomic mass is 10.1. The first-order chi connectivity index (χ1) is 19.2. The van der Waals surface area contributed by atoms with E-state index in [0.29, 0.717) is 17.9 Å². The fourth-order valence-corrected chi connectivity index (χ4v) is 4.52. The third-order valence-corrected chi connectivity index (χ3v) is 6.27. The largest absolute Gasteiger partial charge is 0.496 e. The fourth-order valence-electron chi connectivity index (χ4n) is 4.52. The predicted octanol–water partition coefficient (Wildman–Crippen LogP) is 6.98. The zero-order valence-corrected chi connectivity index (χ0v) is 21.9. The highest BCUT2D eigenvalue weighted by Crippen LogP contribution is 2.35. The molecule has 1 amide bonds. The number of nitrogens with zero attached hydrogens (tertiary/aromatic N) is 2. The second-order valence-electron chi connectivity index (χ2n) is 8.73. The maximum atomic E-state index is 12.8. The first-order valence-electron chi connectivity index (χ1n) is 12.8. The van der Waals surface area contributed by atoms with Crippen molar-refractivity contribution in [1.29, 1.82) is 0 Å². The zero-order valence-electron chi connectivity index (χ0n) is 21.9. The number of amides is 1. The average molecular weight is 516 g/mol. The Bertz CT molecular complexity index is 1570. The van der Waals surface area contributed by atoms with Crippen LogP contribution in [0.25, 0.3) is 28.2 Å². The molecule has 6 nitrogen and oxygen atoms in total. The number of methoxy groups -OCH3 is 1. The summed E-state index contributed by atoms with van der Waals surface area (Å²) < 4.78 is 13.2. The third kappa shape index (κ3) is 5.60. The van der Waals surface area contributed by atoms with Gasteiger partial charge in [-0.2, -0.15) is 5.10 Å². The molecule has 39 heavy (non-hydrogen) atoms. The van der Waals surface area contributed by atoms with E-state index in [1.807, 2.05) is 73.7 Å². The van der Waals surface area contributed by atoms with Gasteiger partial charge in [0.05, 0.1) is 36.9 Å². The molecule has 1 aromatic heterocycles. The number of rotatable bonds is 9. The Balaban J connectivity index is 1.62. The molecule has 0 fully saturated rings. The smallest absolute Gasteiger partial charge is 0.275 e. The maximum Gasteiger partial charge on any atom is 0.275 e. The topological polar surface area (TPSA) is 64.8 Å². The van der Waals surface area contributed by atoms with E-state index >= 15 is 0 Å². The predicted molar refractivity (Wildman–Crippen MR) is 156 cm³/mol. The third-order valence-electron chi connectivity index (χ3n) is 6.27. The number of carbonyl (C=O) groups excluding carboxylic acids is 1. The van der Waals surface area contributed by atoms with Crippen LogP contribution < -0.4 is 14.9 Å². The lowest BCUT2D eigenvalue weighted by molar-refractivity contribution is 0.0952. The summed E-state index contributed by atoms with van der Waals surface area (Å²) in [5.41, 5.74) is 8.93.